The minimum atomic E-state index is -0.431. The molecule has 4 rings (SSSR count). The molecule has 0 aliphatic heterocycles. The molecular weight excluding hydrogens is 798 g/mol. The topological polar surface area (TPSA) is 57.2 Å². The number of aliphatic hydroxyl groups excluding tert-OH is 1. The summed E-state index contributed by atoms with van der Waals surface area (Å²) < 4.78 is 21.9. The van der Waals surface area contributed by atoms with E-state index in [4.69, 9.17) is 18.9 Å². The number of hydrogen-bond donors (Lipinski definition) is 1. The summed E-state index contributed by atoms with van der Waals surface area (Å²) in [4.78, 5) is 0. The van der Waals surface area contributed by atoms with Crippen molar-refractivity contribution in [1.29, 1.82) is 0 Å². The van der Waals surface area contributed by atoms with Crippen molar-refractivity contribution in [2.24, 2.45) is 0 Å². The third-order valence-electron chi connectivity index (χ3n) is 10.1. The standard InChI is InChI=1S/C24H33O3.C21H27O2.2Y/c1-9-21(25)14-27-23-17(4)12-20(13-18(23)5)24(6,7)19-10-15(2)22(26-8)16(3)11-19;1-13-9-17(10-14(2)19(13)22-7)21(5,6)18-11-15(3)20(23-8)16(4)12-18;;/h10-13,21,25H,8-9,14H2,1-7H3;9-12H,7H2,1-6,8H3;;/q2*-1;;. The Morgan fingerprint density at radius 1 is 0.519 bits per heavy atom. The molecule has 1 unspecified atom stereocenters. The van der Waals surface area contributed by atoms with Crippen molar-refractivity contribution >= 4 is 0 Å². The second kappa shape index (κ2) is 20.2. The van der Waals surface area contributed by atoms with E-state index < -0.39 is 6.10 Å². The van der Waals surface area contributed by atoms with Crippen molar-refractivity contribution in [3.05, 3.63) is 130 Å². The molecule has 4 aromatic rings. The van der Waals surface area contributed by atoms with E-state index in [1.54, 1.807) is 7.11 Å². The molecule has 0 aliphatic carbocycles. The molecule has 0 spiro atoms. The van der Waals surface area contributed by atoms with E-state index in [-0.39, 0.29) is 76.2 Å². The molecule has 0 amide bonds. The van der Waals surface area contributed by atoms with Crippen molar-refractivity contribution in [2.45, 2.75) is 113 Å². The van der Waals surface area contributed by atoms with E-state index in [1.165, 1.54) is 33.4 Å². The number of hydrogen-bond acceptors (Lipinski definition) is 5. The normalized spacial score (nSPS) is 11.7. The van der Waals surface area contributed by atoms with E-state index in [2.05, 4.69) is 146 Å². The first-order chi connectivity index (χ1) is 23.3. The average Bonchev–Trinajstić information content (AvgIpc) is 3.03. The van der Waals surface area contributed by atoms with Gasteiger partial charge in [-0.2, -0.15) is 14.2 Å². The Kier molecular flexibility index (Phi) is 18.8. The summed E-state index contributed by atoms with van der Waals surface area (Å²) in [6.45, 7) is 27.8. The maximum atomic E-state index is 9.79. The smallest absolute Gasteiger partial charge is 0.125 e. The Morgan fingerprint density at radius 3 is 1.00 bits per heavy atom. The van der Waals surface area contributed by atoms with Crippen LogP contribution in [0.25, 0.3) is 0 Å². The van der Waals surface area contributed by atoms with Gasteiger partial charge in [0.15, 0.2) is 0 Å². The zero-order valence-electron chi connectivity index (χ0n) is 34.3. The maximum Gasteiger partial charge on any atom is 0.125 e. The van der Waals surface area contributed by atoms with E-state index in [0.29, 0.717) is 13.0 Å². The molecule has 4 aromatic carbocycles. The second-order valence-corrected chi connectivity index (χ2v) is 14.9. The van der Waals surface area contributed by atoms with Gasteiger partial charge in [0.05, 0.1) is 24.7 Å². The van der Waals surface area contributed by atoms with Gasteiger partial charge in [-0.25, -0.2) is 0 Å². The van der Waals surface area contributed by atoms with Gasteiger partial charge in [-0.1, -0.05) is 83.1 Å². The molecule has 2 radical (unpaired) electrons. The molecule has 0 aromatic heterocycles. The summed E-state index contributed by atoms with van der Waals surface area (Å²) >= 11 is 0. The minimum Gasteiger partial charge on any atom is -0.665 e. The average molecular weight is 859 g/mol. The third-order valence-corrected chi connectivity index (χ3v) is 10.1. The summed E-state index contributed by atoms with van der Waals surface area (Å²) in [5.74, 6) is 3.56. The second-order valence-electron chi connectivity index (χ2n) is 14.9. The van der Waals surface area contributed by atoms with Gasteiger partial charge in [0.25, 0.3) is 0 Å². The fourth-order valence-electron chi connectivity index (χ4n) is 6.88. The fraction of sp³-hybridized carbons (Fsp3) is 0.422. The van der Waals surface area contributed by atoms with Crippen molar-refractivity contribution in [1.82, 2.24) is 0 Å². The van der Waals surface area contributed by atoms with E-state index in [1.807, 2.05) is 6.92 Å². The number of aryl methyl sites for hydroxylation is 8. The van der Waals surface area contributed by atoms with Crippen molar-refractivity contribution in [3.63, 3.8) is 0 Å². The van der Waals surface area contributed by atoms with Gasteiger partial charge in [-0.3, -0.25) is 0 Å². The molecule has 0 saturated carbocycles. The van der Waals surface area contributed by atoms with Gasteiger partial charge in [-0.15, -0.1) is 0 Å². The molecular formula is C45H60O5Y2-2. The SMILES string of the molecule is [CH2-]Oc1c(C)cc(C(C)(C)c2cc(C)c(OC)c(C)c2)cc1C.[CH2-]Oc1c(C)cc(C(C)(C)c2cc(C)c(OCC(O)CC)c(C)c2)cc1C.[Y].[Y]. The van der Waals surface area contributed by atoms with Crippen LogP contribution in [0.3, 0.4) is 0 Å². The van der Waals surface area contributed by atoms with Crippen LogP contribution in [-0.2, 0) is 76.2 Å². The molecule has 0 bridgehead atoms. The zero-order valence-corrected chi connectivity index (χ0v) is 39.9. The molecule has 52 heavy (non-hydrogen) atoms. The number of ether oxygens (including phenoxy) is 4. The summed E-state index contributed by atoms with van der Waals surface area (Å²) in [7, 11) is 8.85. The van der Waals surface area contributed by atoms with E-state index in [9.17, 15) is 5.11 Å². The monoisotopic (exact) mass is 858 g/mol. The number of aliphatic hydroxyl groups is 1. The first kappa shape index (κ1) is 48.3. The minimum absolute atomic E-state index is 0. The van der Waals surface area contributed by atoms with Crippen LogP contribution in [0.5, 0.6) is 23.0 Å². The fourth-order valence-corrected chi connectivity index (χ4v) is 6.88. The molecule has 0 heterocycles. The third kappa shape index (κ3) is 10.9. The molecule has 1 atom stereocenters. The van der Waals surface area contributed by atoms with Crippen LogP contribution in [0.1, 0.15) is 108 Å². The number of benzene rings is 4. The summed E-state index contributed by atoms with van der Waals surface area (Å²) in [5.41, 5.74) is 13.7. The molecule has 5 nitrogen and oxygen atoms in total. The maximum absolute atomic E-state index is 9.79. The Bertz CT molecular complexity index is 1650. The van der Waals surface area contributed by atoms with Crippen molar-refractivity contribution < 1.29 is 89.5 Å². The molecule has 7 heteroatoms. The molecule has 0 saturated heterocycles. The Morgan fingerprint density at radius 2 is 0.769 bits per heavy atom. The van der Waals surface area contributed by atoms with Crippen LogP contribution >= 0.6 is 0 Å². The van der Waals surface area contributed by atoms with Crippen molar-refractivity contribution in [2.75, 3.05) is 13.7 Å². The Balaban J connectivity index is 0.000000506. The van der Waals surface area contributed by atoms with Crippen LogP contribution in [0, 0.1) is 69.6 Å². The van der Waals surface area contributed by atoms with Crippen LogP contribution in [0.2, 0.25) is 0 Å². The largest absolute Gasteiger partial charge is 0.665 e. The first-order valence-electron chi connectivity index (χ1n) is 17.5. The molecule has 278 valence electrons. The summed E-state index contributed by atoms with van der Waals surface area (Å²) in [5, 5.41) is 9.79. The van der Waals surface area contributed by atoms with Gasteiger partial charge in [0.1, 0.15) is 18.1 Å². The van der Waals surface area contributed by atoms with Crippen LogP contribution < -0.4 is 18.9 Å². The van der Waals surface area contributed by atoms with Crippen LogP contribution in [0.15, 0.2) is 48.5 Å². The van der Waals surface area contributed by atoms with Gasteiger partial charge < -0.3 is 24.1 Å². The molecule has 0 fully saturated rings. The van der Waals surface area contributed by atoms with E-state index >= 15 is 0 Å². The number of rotatable bonds is 11. The Hall–Kier alpha value is -1.75. The predicted molar refractivity (Wildman–Crippen MR) is 208 cm³/mol. The van der Waals surface area contributed by atoms with Gasteiger partial charge in [0, 0.05) is 76.2 Å². The summed E-state index contributed by atoms with van der Waals surface area (Å²) in [6, 6.07) is 17.6. The number of methoxy groups -OCH3 is 1. The summed E-state index contributed by atoms with van der Waals surface area (Å²) in [6.07, 6.45) is 0.259. The van der Waals surface area contributed by atoms with E-state index in [0.717, 1.165) is 56.4 Å². The Labute approximate surface area is 365 Å². The van der Waals surface area contributed by atoms with Gasteiger partial charge in [-0.05, 0) is 129 Å². The molecule has 0 aliphatic rings. The van der Waals surface area contributed by atoms with Crippen molar-refractivity contribution in [3.8, 4) is 23.0 Å². The van der Waals surface area contributed by atoms with Gasteiger partial charge in [0.2, 0.25) is 0 Å². The zero-order chi connectivity index (χ0) is 37.7. The quantitative estimate of drug-likeness (QED) is 0.152. The van der Waals surface area contributed by atoms with Gasteiger partial charge >= 0.3 is 0 Å². The van der Waals surface area contributed by atoms with Crippen LogP contribution in [-0.4, -0.2) is 24.9 Å². The predicted octanol–water partition coefficient (Wildman–Crippen LogP) is 11.0. The van der Waals surface area contributed by atoms with Crippen LogP contribution in [0.4, 0.5) is 0 Å². The molecule has 1 N–H and O–H groups in total. The first-order valence-corrected chi connectivity index (χ1v) is 17.5.